The van der Waals surface area contributed by atoms with Gasteiger partial charge in [-0.2, -0.15) is 0 Å². The number of Topliss-reactive ketones (excluding diaryl/α,β-unsaturated/α-hetero) is 1. The molecule has 0 bridgehead atoms. The van der Waals surface area contributed by atoms with Crippen LogP contribution in [-0.2, 0) is 6.42 Å². The van der Waals surface area contributed by atoms with E-state index in [2.05, 4.69) is 5.32 Å². The maximum atomic E-state index is 13.3. The zero-order valence-electron chi connectivity index (χ0n) is 16.8. The lowest BCUT2D eigenvalue weighted by Crippen LogP contribution is -2.39. The van der Waals surface area contributed by atoms with Crippen LogP contribution in [0.25, 0.3) is 5.69 Å². The minimum Gasteiger partial charge on any atom is -0.352 e. The first-order valence-corrected chi connectivity index (χ1v) is 10.5. The SMILES string of the molecule is CCCCNC(=O)c1cc2c(n(-c3ccc(Cl)c(Cl)c3)c1=O)CC(C)(C)CC2=O. The van der Waals surface area contributed by atoms with Gasteiger partial charge in [-0.15, -0.1) is 0 Å². The van der Waals surface area contributed by atoms with Gasteiger partial charge in [0.15, 0.2) is 5.78 Å². The van der Waals surface area contributed by atoms with E-state index in [9.17, 15) is 14.4 Å². The number of rotatable bonds is 5. The Hall–Kier alpha value is -2.11. The normalized spacial score (nSPS) is 15.1. The Morgan fingerprint density at radius 3 is 2.52 bits per heavy atom. The Morgan fingerprint density at radius 2 is 1.86 bits per heavy atom. The number of carbonyl (C=O) groups is 2. The molecule has 0 radical (unpaired) electrons. The molecule has 29 heavy (non-hydrogen) atoms. The molecule has 0 spiro atoms. The van der Waals surface area contributed by atoms with Crippen molar-refractivity contribution in [3.8, 4) is 5.69 Å². The van der Waals surface area contributed by atoms with Gasteiger partial charge in [-0.3, -0.25) is 19.0 Å². The molecule has 1 aliphatic rings. The average Bonchev–Trinajstić information content (AvgIpc) is 2.63. The molecule has 0 atom stereocenters. The van der Waals surface area contributed by atoms with E-state index in [4.69, 9.17) is 23.2 Å². The smallest absolute Gasteiger partial charge is 0.268 e. The zero-order chi connectivity index (χ0) is 21.3. The van der Waals surface area contributed by atoms with Gasteiger partial charge in [-0.05, 0) is 42.5 Å². The van der Waals surface area contributed by atoms with Crippen LogP contribution in [-0.4, -0.2) is 22.8 Å². The van der Waals surface area contributed by atoms with Gasteiger partial charge in [-0.25, -0.2) is 0 Å². The predicted molar refractivity (Wildman–Crippen MR) is 116 cm³/mol. The maximum Gasteiger partial charge on any atom is 0.268 e. The molecule has 7 heteroatoms. The van der Waals surface area contributed by atoms with Gasteiger partial charge in [0.1, 0.15) is 5.56 Å². The Bertz CT molecular complexity index is 1040. The highest BCUT2D eigenvalue weighted by Gasteiger charge is 2.35. The van der Waals surface area contributed by atoms with Gasteiger partial charge in [0.25, 0.3) is 11.5 Å². The molecule has 1 aromatic carbocycles. The fourth-order valence-corrected chi connectivity index (χ4v) is 3.94. The van der Waals surface area contributed by atoms with Crippen LogP contribution in [0.1, 0.15) is 66.4 Å². The number of carbonyl (C=O) groups excluding carboxylic acids is 2. The summed E-state index contributed by atoms with van der Waals surface area (Å²) < 4.78 is 1.44. The molecular weight excluding hydrogens is 411 g/mol. The third-order valence-electron chi connectivity index (χ3n) is 5.11. The summed E-state index contributed by atoms with van der Waals surface area (Å²) in [6.07, 6.45) is 2.62. The maximum absolute atomic E-state index is 13.3. The van der Waals surface area contributed by atoms with Gasteiger partial charge in [0.2, 0.25) is 0 Å². The Balaban J connectivity index is 2.23. The molecule has 5 nitrogen and oxygen atoms in total. The average molecular weight is 435 g/mol. The van der Waals surface area contributed by atoms with Crippen LogP contribution in [0.3, 0.4) is 0 Å². The van der Waals surface area contributed by atoms with E-state index in [1.54, 1.807) is 18.2 Å². The third-order valence-corrected chi connectivity index (χ3v) is 5.85. The number of nitrogens with one attached hydrogen (secondary N) is 1. The van der Waals surface area contributed by atoms with E-state index in [0.717, 1.165) is 12.8 Å². The van der Waals surface area contributed by atoms with Gasteiger partial charge < -0.3 is 5.32 Å². The summed E-state index contributed by atoms with van der Waals surface area (Å²) in [5.74, 6) is -0.551. The van der Waals surface area contributed by atoms with Crippen molar-refractivity contribution in [3.63, 3.8) is 0 Å². The van der Waals surface area contributed by atoms with Crippen LogP contribution in [0.2, 0.25) is 10.0 Å². The largest absolute Gasteiger partial charge is 0.352 e. The van der Waals surface area contributed by atoms with Crippen LogP contribution in [0.4, 0.5) is 0 Å². The highest BCUT2D eigenvalue weighted by Crippen LogP contribution is 2.36. The number of hydrogen-bond donors (Lipinski definition) is 1. The molecule has 1 amide bonds. The van der Waals surface area contributed by atoms with E-state index in [0.29, 0.717) is 46.4 Å². The van der Waals surface area contributed by atoms with Crippen LogP contribution in [0.15, 0.2) is 29.1 Å². The van der Waals surface area contributed by atoms with Crippen molar-refractivity contribution < 1.29 is 9.59 Å². The molecule has 0 fully saturated rings. The monoisotopic (exact) mass is 434 g/mol. The molecule has 1 heterocycles. The standard InChI is InChI=1S/C22H24Cl2N2O3/c1-4-5-8-25-20(28)15-10-14-18(11-22(2,3)12-19(14)27)26(21(15)29)13-6-7-16(23)17(24)9-13/h6-7,9-10H,4-5,8,11-12H2,1-3H3,(H,25,28). The van der Waals surface area contributed by atoms with Crippen molar-refractivity contribution in [2.75, 3.05) is 6.54 Å². The van der Waals surface area contributed by atoms with E-state index in [1.165, 1.54) is 10.6 Å². The summed E-state index contributed by atoms with van der Waals surface area (Å²) in [6, 6.07) is 6.30. The Morgan fingerprint density at radius 1 is 1.14 bits per heavy atom. The second kappa shape index (κ2) is 8.33. The van der Waals surface area contributed by atoms with Crippen LogP contribution >= 0.6 is 23.2 Å². The quantitative estimate of drug-likeness (QED) is 0.685. The number of hydrogen-bond acceptors (Lipinski definition) is 3. The number of benzene rings is 1. The molecule has 1 aliphatic carbocycles. The first-order chi connectivity index (χ1) is 13.6. The van der Waals surface area contributed by atoms with E-state index >= 15 is 0 Å². The van der Waals surface area contributed by atoms with Gasteiger partial charge in [0.05, 0.1) is 15.7 Å². The molecule has 0 saturated carbocycles. The summed E-state index contributed by atoms with van der Waals surface area (Å²) in [4.78, 5) is 38.9. The van der Waals surface area contributed by atoms with Crippen LogP contribution in [0, 0.1) is 5.41 Å². The van der Waals surface area contributed by atoms with Gasteiger partial charge in [-0.1, -0.05) is 50.4 Å². The summed E-state index contributed by atoms with van der Waals surface area (Å²) in [7, 11) is 0. The number of halogens is 2. The lowest BCUT2D eigenvalue weighted by atomic mass is 9.75. The molecule has 0 aliphatic heterocycles. The number of amides is 1. The number of nitrogens with zero attached hydrogens (tertiary/aromatic N) is 1. The number of ketones is 1. The number of aromatic nitrogens is 1. The molecule has 154 valence electrons. The fourth-order valence-electron chi connectivity index (χ4n) is 3.65. The molecule has 3 rings (SSSR count). The molecule has 0 unspecified atom stereocenters. The second-order valence-electron chi connectivity index (χ2n) is 8.21. The molecule has 0 saturated heterocycles. The minimum atomic E-state index is -0.474. The van der Waals surface area contributed by atoms with Crippen molar-refractivity contribution in [2.45, 2.75) is 46.5 Å². The topological polar surface area (TPSA) is 68.2 Å². The Labute approximate surface area is 180 Å². The summed E-state index contributed by atoms with van der Waals surface area (Å²) in [6.45, 7) is 6.47. The van der Waals surface area contributed by atoms with E-state index < -0.39 is 11.5 Å². The first-order valence-electron chi connectivity index (χ1n) is 9.70. The lowest BCUT2D eigenvalue weighted by Gasteiger charge is -2.32. The van der Waals surface area contributed by atoms with Crippen LogP contribution < -0.4 is 10.9 Å². The zero-order valence-corrected chi connectivity index (χ0v) is 18.3. The van der Waals surface area contributed by atoms with Crippen molar-refractivity contribution in [1.82, 2.24) is 9.88 Å². The van der Waals surface area contributed by atoms with Crippen molar-refractivity contribution >= 4 is 34.9 Å². The van der Waals surface area contributed by atoms with Gasteiger partial charge in [0, 0.05) is 24.2 Å². The molecule has 2 aromatic rings. The van der Waals surface area contributed by atoms with Crippen molar-refractivity contribution in [2.24, 2.45) is 5.41 Å². The van der Waals surface area contributed by atoms with Gasteiger partial charge >= 0.3 is 0 Å². The number of fused-ring (bicyclic) bond motifs is 1. The highest BCUT2D eigenvalue weighted by atomic mass is 35.5. The summed E-state index contributed by atoms with van der Waals surface area (Å²) in [5, 5.41) is 3.43. The predicted octanol–water partition coefficient (Wildman–Crippen LogP) is 4.83. The fraction of sp³-hybridized carbons (Fsp3) is 0.409. The third kappa shape index (κ3) is 4.41. The lowest BCUT2D eigenvalue weighted by molar-refractivity contribution is 0.0908. The highest BCUT2D eigenvalue weighted by molar-refractivity contribution is 6.42. The summed E-state index contributed by atoms with van der Waals surface area (Å²) in [5.41, 5.74) is 0.685. The molecule has 1 N–H and O–H groups in total. The summed E-state index contributed by atoms with van der Waals surface area (Å²) >= 11 is 12.2. The van der Waals surface area contributed by atoms with Crippen LogP contribution in [0.5, 0.6) is 0 Å². The number of pyridine rings is 1. The van der Waals surface area contributed by atoms with E-state index in [-0.39, 0.29) is 16.8 Å². The minimum absolute atomic E-state index is 0.0426. The number of unbranched alkanes of at least 4 members (excludes halogenated alkanes) is 1. The first kappa shape index (κ1) is 21.6. The molecule has 1 aromatic heterocycles. The Kier molecular flexibility index (Phi) is 6.20. The second-order valence-corrected chi connectivity index (χ2v) is 9.02. The van der Waals surface area contributed by atoms with E-state index in [1.807, 2.05) is 20.8 Å². The van der Waals surface area contributed by atoms with Crippen molar-refractivity contribution in [1.29, 1.82) is 0 Å². The van der Waals surface area contributed by atoms with Crippen molar-refractivity contribution in [3.05, 3.63) is 61.5 Å². The molecular formula is C22H24Cl2N2O3.